The van der Waals surface area contributed by atoms with Gasteiger partial charge in [0.1, 0.15) is 19.1 Å². The molecule has 17 heavy (non-hydrogen) atoms. The molecule has 92 valence electrons. The summed E-state index contributed by atoms with van der Waals surface area (Å²) < 4.78 is 45.3. The number of nitrogens with two attached hydrogens (primary N) is 1. The minimum Gasteiger partial charge on any atom is -0.462 e. The number of aliphatic imine (C=N–C) groups is 1. The number of nitrogens with zero attached hydrogens (tertiary/aromatic N) is 1. The lowest BCUT2D eigenvalue weighted by atomic mass is 9.86. The Hall–Kier alpha value is -1.72. The van der Waals surface area contributed by atoms with Gasteiger partial charge in [-0.1, -0.05) is 18.2 Å². The Balaban J connectivity index is 2.57. The molecule has 1 aliphatic rings. The average molecular weight is 244 g/mol. The van der Waals surface area contributed by atoms with Crippen molar-refractivity contribution >= 4 is 6.02 Å². The Kier molecular flexibility index (Phi) is 2.95. The van der Waals surface area contributed by atoms with Crippen LogP contribution in [0.4, 0.5) is 13.2 Å². The predicted molar refractivity (Wildman–Crippen MR) is 56.5 cm³/mol. The van der Waals surface area contributed by atoms with E-state index in [-0.39, 0.29) is 11.6 Å². The van der Waals surface area contributed by atoms with Crippen molar-refractivity contribution in [1.29, 1.82) is 0 Å². The molecule has 2 rings (SSSR count). The minimum absolute atomic E-state index is 0.152. The molecule has 0 amide bonds. The Morgan fingerprint density at radius 1 is 1.47 bits per heavy atom. The van der Waals surface area contributed by atoms with Crippen molar-refractivity contribution in [3.8, 4) is 0 Å². The molecule has 1 aromatic rings. The molecule has 0 unspecified atom stereocenters. The first-order valence-electron chi connectivity index (χ1n) is 5.03. The van der Waals surface area contributed by atoms with Crippen LogP contribution in [0, 0.1) is 5.82 Å². The third-order valence-electron chi connectivity index (χ3n) is 2.75. The average Bonchev–Trinajstić information content (AvgIpc) is 2.33. The van der Waals surface area contributed by atoms with Crippen LogP contribution in [0.3, 0.4) is 0 Å². The van der Waals surface area contributed by atoms with E-state index < -0.39 is 30.8 Å². The van der Waals surface area contributed by atoms with Crippen LogP contribution in [-0.4, -0.2) is 25.5 Å². The van der Waals surface area contributed by atoms with Gasteiger partial charge in [0.25, 0.3) is 6.02 Å². The van der Waals surface area contributed by atoms with Crippen LogP contribution in [0.2, 0.25) is 0 Å². The van der Waals surface area contributed by atoms with E-state index in [1.54, 1.807) is 0 Å². The largest absolute Gasteiger partial charge is 0.462 e. The number of rotatable bonds is 2. The molecule has 0 saturated heterocycles. The summed E-state index contributed by atoms with van der Waals surface area (Å²) in [6.07, 6.45) is -1.78. The number of ether oxygens (including phenoxy) is 1. The van der Waals surface area contributed by atoms with Gasteiger partial charge < -0.3 is 10.5 Å². The zero-order valence-electron chi connectivity index (χ0n) is 8.87. The third kappa shape index (κ3) is 1.83. The lowest BCUT2D eigenvalue weighted by molar-refractivity contribution is 0.0664. The number of halogens is 3. The summed E-state index contributed by atoms with van der Waals surface area (Å²) >= 11 is 0. The summed E-state index contributed by atoms with van der Waals surface area (Å²) in [7, 11) is 0. The quantitative estimate of drug-likeness (QED) is 0.860. The van der Waals surface area contributed by atoms with Crippen molar-refractivity contribution in [2.24, 2.45) is 10.7 Å². The summed E-state index contributed by atoms with van der Waals surface area (Å²) in [5, 5.41) is 0. The van der Waals surface area contributed by atoms with Crippen LogP contribution in [0.25, 0.3) is 0 Å². The van der Waals surface area contributed by atoms with E-state index >= 15 is 0 Å². The molecule has 0 spiro atoms. The molecule has 0 fully saturated rings. The van der Waals surface area contributed by atoms with E-state index in [2.05, 4.69) is 9.73 Å². The number of hydrogen-bond acceptors (Lipinski definition) is 3. The smallest absolute Gasteiger partial charge is 0.283 e. The second kappa shape index (κ2) is 4.27. The van der Waals surface area contributed by atoms with Crippen molar-refractivity contribution in [2.75, 3.05) is 13.3 Å². The highest BCUT2D eigenvalue weighted by molar-refractivity contribution is 5.73. The SMILES string of the molecule is NC1=N[C@](CF)(c2ccccc2F)[C@@H](F)CO1. The molecule has 2 atom stereocenters. The van der Waals surface area contributed by atoms with E-state index in [4.69, 9.17) is 5.73 Å². The van der Waals surface area contributed by atoms with Crippen molar-refractivity contribution in [3.05, 3.63) is 35.6 Å². The zero-order valence-corrected chi connectivity index (χ0v) is 8.87. The van der Waals surface area contributed by atoms with Crippen molar-refractivity contribution in [1.82, 2.24) is 0 Å². The summed E-state index contributed by atoms with van der Waals surface area (Å²) in [5.74, 6) is -0.716. The van der Waals surface area contributed by atoms with Gasteiger partial charge in [-0.3, -0.25) is 0 Å². The highest BCUT2D eigenvalue weighted by Gasteiger charge is 2.46. The lowest BCUT2D eigenvalue weighted by Gasteiger charge is -2.34. The fourth-order valence-corrected chi connectivity index (χ4v) is 1.82. The van der Waals surface area contributed by atoms with E-state index in [9.17, 15) is 13.2 Å². The summed E-state index contributed by atoms with van der Waals surface area (Å²) in [6.45, 7) is -1.62. The second-order valence-electron chi connectivity index (χ2n) is 3.77. The van der Waals surface area contributed by atoms with Crippen LogP contribution < -0.4 is 5.73 Å². The lowest BCUT2D eigenvalue weighted by Crippen LogP contribution is -2.47. The maximum atomic E-state index is 13.8. The second-order valence-corrected chi connectivity index (χ2v) is 3.77. The highest BCUT2D eigenvalue weighted by atomic mass is 19.1. The first kappa shape index (κ1) is 11.8. The number of benzene rings is 1. The van der Waals surface area contributed by atoms with Gasteiger partial charge in [0.2, 0.25) is 0 Å². The molecule has 0 aliphatic carbocycles. The minimum atomic E-state index is -1.94. The Bertz CT molecular complexity index is 452. The fourth-order valence-electron chi connectivity index (χ4n) is 1.82. The van der Waals surface area contributed by atoms with Gasteiger partial charge in [-0.25, -0.2) is 18.2 Å². The fraction of sp³-hybridized carbons (Fsp3) is 0.364. The monoisotopic (exact) mass is 244 g/mol. The van der Waals surface area contributed by atoms with E-state index in [1.165, 1.54) is 18.2 Å². The van der Waals surface area contributed by atoms with Gasteiger partial charge in [0.05, 0.1) is 0 Å². The molecule has 6 heteroatoms. The molecule has 1 aromatic carbocycles. The van der Waals surface area contributed by atoms with E-state index in [1.807, 2.05) is 0 Å². The van der Waals surface area contributed by atoms with Gasteiger partial charge >= 0.3 is 0 Å². The Morgan fingerprint density at radius 2 is 2.18 bits per heavy atom. The molecule has 1 heterocycles. The molecule has 0 aromatic heterocycles. The number of hydrogen-bond donors (Lipinski definition) is 1. The van der Waals surface area contributed by atoms with Gasteiger partial charge in [-0.05, 0) is 6.07 Å². The molecule has 1 aliphatic heterocycles. The van der Waals surface area contributed by atoms with Crippen LogP contribution >= 0.6 is 0 Å². The van der Waals surface area contributed by atoms with E-state index in [0.29, 0.717) is 0 Å². The normalized spacial score (nSPS) is 28.4. The summed E-state index contributed by atoms with van der Waals surface area (Å²) in [4.78, 5) is 3.63. The Labute approximate surface area is 96.1 Å². The maximum absolute atomic E-state index is 13.8. The maximum Gasteiger partial charge on any atom is 0.283 e. The highest BCUT2D eigenvalue weighted by Crippen LogP contribution is 2.36. The van der Waals surface area contributed by atoms with Crippen molar-refractivity contribution in [2.45, 2.75) is 11.7 Å². The van der Waals surface area contributed by atoms with Gasteiger partial charge in [0.15, 0.2) is 11.7 Å². The molecule has 0 saturated carbocycles. The first-order chi connectivity index (χ1) is 8.10. The Morgan fingerprint density at radius 3 is 2.82 bits per heavy atom. The topological polar surface area (TPSA) is 47.6 Å². The standard InChI is InChI=1S/C11H11F3N2O/c12-6-11(7-3-1-2-4-8(7)13)9(14)5-17-10(15)16-11/h1-4,9H,5-6H2,(H2,15,16)/t9-,11+/m0/s1. The molecule has 2 N–H and O–H groups in total. The molecular weight excluding hydrogens is 233 g/mol. The van der Waals surface area contributed by atoms with Gasteiger partial charge in [-0.15, -0.1) is 0 Å². The predicted octanol–water partition coefficient (Wildman–Crippen LogP) is 1.67. The molecular formula is C11H11F3N2O. The van der Waals surface area contributed by atoms with Crippen molar-refractivity contribution < 1.29 is 17.9 Å². The van der Waals surface area contributed by atoms with Gasteiger partial charge in [0, 0.05) is 5.56 Å². The molecule has 3 nitrogen and oxygen atoms in total. The van der Waals surface area contributed by atoms with Gasteiger partial charge in [-0.2, -0.15) is 0 Å². The third-order valence-corrected chi connectivity index (χ3v) is 2.75. The van der Waals surface area contributed by atoms with Crippen LogP contribution in [-0.2, 0) is 10.3 Å². The zero-order chi connectivity index (χ0) is 12.5. The van der Waals surface area contributed by atoms with E-state index in [0.717, 1.165) is 6.07 Å². The summed E-state index contributed by atoms with van der Waals surface area (Å²) in [6, 6.07) is 5.01. The molecule has 0 radical (unpaired) electrons. The first-order valence-corrected chi connectivity index (χ1v) is 5.03. The molecule has 0 bridgehead atoms. The summed E-state index contributed by atoms with van der Waals surface area (Å²) in [5.41, 5.74) is 3.22. The van der Waals surface area contributed by atoms with Crippen LogP contribution in [0.15, 0.2) is 29.3 Å². The van der Waals surface area contributed by atoms with Crippen LogP contribution in [0.5, 0.6) is 0 Å². The van der Waals surface area contributed by atoms with Crippen LogP contribution in [0.1, 0.15) is 5.56 Å². The number of alkyl halides is 2. The van der Waals surface area contributed by atoms with Crippen molar-refractivity contribution in [3.63, 3.8) is 0 Å². The number of amidine groups is 1.